The smallest absolute Gasteiger partial charge is 0.469 e. The van der Waals surface area contributed by atoms with Gasteiger partial charge >= 0.3 is 19.8 Å². The molecular formula is C14H29O8P. The van der Waals surface area contributed by atoms with Crippen molar-refractivity contribution in [3.63, 3.8) is 0 Å². The Bertz CT molecular complexity index is 317. The van der Waals surface area contributed by atoms with Crippen LogP contribution in [0.3, 0.4) is 0 Å². The molecule has 0 radical (unpaired) electrons. The highest BCUT2D eigenvalue weighted by molar-refractivity contribution is 7.48. The number of phosphoric ester groups is 1. The molecule has 0 spiro atoms. The van der Waals surface area contributed by atoms with Crippen LogP contribution in [0.1, 0.15) is 46.5 Å². The molecule has 0 saturated heterocycles. The van der Waals surface area contributed by atoms with Gasteiger partial charge in [-0.2, -0.15) is 0 Å². The lowest BCUT2D eigenvalue weighted by Gasteiger charge is -2.14. The Morgan fingerprint density at radius 1 is 0.739 bits per heavy atom. The lowest BCUT2D eigenvalue weighted by Crippen LogP contribution is -2.02. The fraction of sp³-hybridized carbons (Fsp3) is 0.857. The van der Waals surface area contributed by atoms with E-state index >= 15 is 0 Å². The number of carbonyl (C=O) groups excluding carboxylic acids is 2. The minimum absolute atomic E-state index is 0.236. The number of esters is 2. The van der Waals surface area contributed by atoms with Crippen LogP contribution in [0.5, 0.6) is 0 Å². The van der Waals surface area contributed by atoms with Gasteiger partial charge in [0.15, 0.2) is 0 Å². The van der Waals surface area contributed by atoms with Crippen LogP contribution < -0.4 is 0 Å². The summed E-state index contributed by atoms with van der Waals surface area (Å²) in [4.78, 5) is 21.2. The van der Waals surface area contributed by atoms with E-state index in [1.807, 2.05) is 0 Å². The Labute approximate surface area is 138 Å². The summed E-state index contributed by atoms with van der Waals surface area (Å²) < 4.78 is 34.7. The molecule has 0 aromatic heterocycles. The normalized spacial score (nSPS) is 10.5. The van der Waals surface area contributed by atoms with Crippen molar-refractivity contribution in [1.29, 1.82) is 0 Å². The molecule has 0 unspecified atom stereocenters. The lowest BCUT2D eigenvalue weighted by molar-refractivity contribution is -0.142. The van der Waals surface area contributed by atoms with Crippen molar-refractivity contribution in [3.8, 4) is 0 Å². The number of ether oxygens (including phenoxy) is 2. The molecule has 23 heavy (non-hydrogen) atoms. The van der Waals surface area contributed by atoms with E-state index in [-0.39, 0.29) is 11.9 Å². The SMILES string of the molecule is CCOP(=O)(OCC)OCC.COC(=O)CCCCC(=O)OC. The average Bonchev–Trinajstić information content (AvgIpc) is 2.52. The molecule has 0 rings (SSSR count). The molecule has 0 saturated carbocycles. The summed E-state index contributed by atoms with van der Waals surface area (Å²) in [6.07, 6.45) is 2.07. The highest BCUT2D eigenvalue weighted by Gasteiger charge is 2.23. The summed E-state index contributed by atoms with van der Waals surface area (Å²) in [5, 5.41) is 0. The molecule has 0 aromatic carbocycles. The first-order chi connectivity index (χ1) is 10.9. The number of unbranched alkanes of at least 4 members (excludes halogenated alkanes) is 1. The predicted molar refractivity (Wildman–Crippen MR) is 85.0 cm³/mol. The summed E-state index contributed by atoms with van der Waals surface area (Å²) in [5.74, 6) is -0.472. The molecule has 0 fully saturated rings. The van der Waals surface area contributed by atoms with E-state index < -0.39 is 7.82 Å². The maximum Gasteiger partial charge on any atom is 0.474 e. The Morgan fingerprint density at radius 2 is 1.04 bits per heavy atom. The second-order valence-electron chi connectivity index (χ2n) is 4.06. The molecule has 0 aliphatic heterocycles. The number of phosphoric acid groups is 1. The van der Waals surface area contributed by atoms with Gasteiger partial charge in [0.1, 0.15) is 0 Å². The summed E-state index contributed by atoms with van der Waals surface area (Å²) >= 11 is 0. The maximum atomic E-state index is 11.3. The van der Waals surface area contributed by atoms with Crippen LogP contribution in [0, 0.1) is 0 Å². The molecule has 0 amide bonds. The van der Waals surface area contributed by atoms with Gasteiger partial charge in [-0.1, -0.05) is 0 Å². The third kappa shape index (κ3) is 15.7. The molecule has 9 heteroatoms. The van der Waals surface area contributed by atoms with Gasteiger partial charge in [-0.15, -0.1) is 0 Å². The first kappa shape index (κ1) is 24.3. The van der Waals surface area contributed by atoms with Crippen molar-refractivity contribution in [2.75, 3.05) is 34.0 Å². The van der Waals surface area contributed by atoms with Gasteiger partial charge in [0, 0.05) is 12.8 Å². The summed E-state index contributed by atoms with van der Waals surface area (Å²) in [5.41, 5.74) is 0. The Kier molecular flexibility index (Phi) is 16.8. The van der Waals surface area contributed by atoms with Crippen LogP contribution in [0.2, 0.25) is 0 Å². The van der Waals surface area contributed by atoms with Gasteiger partial charge in [-0.05, 0) is 33.6 Å². The number of carbonyl (C=O) groups is 2. The minimum atomic E-state index is -3.22. The second-order valence-corrected chi connectivity index (χ2v) is 5.73. The van der Waals surface area contributed by atoms with Crippen molar-refractivity contribution >= 4 is 19.8 Å². The van der Waals surface area contributed by atoms with Crippen molar-refractivity contribution in [2.45, 2.75) is 46.5 Å². The molecular weight excluding hydrogens is 327 g/mol. The van der Waals surface area contributed by atoms with Crippen molar-refractivity contribution < 1.29 is 37.2 Å². The van der Waals surface area contributed by atoms with Gasteiger partial charge < -0.3 is 9.47 Å². The van der Waals surface area contributed by atoms with E-state index in [2.05, 4.69) is 9.47 Å². The zero-order chi connectivity index (χ0) is 18.1. The summed E-state index contributed by atoms with van der Waals surface area (Å²) in [6.45, 7) is 6.21. The van der Waals surface area contributed by atoms with Crippen molar-refractivity contribution in [3.05, 3.63) is 0 Å². The number of hydrogen-bond donors (Lipinski definition) is 0. The number of hydrogen-bond acceptors (Lipinski definition) is 8. The van der Waals surface area contributed by atoms with Crippen LogP contribution in [-0.2, 0) is 37.2 Å². The highest BCUT2D eigenvalue weighted by atomic mass is 31.2. The zero-order valence-corrected chi connectivity index (χ0v) is 15.6. The van der Waals surface area contributed by atoms with Gasteiger partial charge in [0.25, 0.3) is 0 Å². The summed E-state index contributed by atoms with van der Waals surface area (Å²) in [6, 6.07) is 0. The monoisotopic (exact) mass is 356 g/mol. The van der Waals surface area contributed by atoms with E-state index in [4.69, 9.17) is 13.6 Å². The molecule has 0 aliphatic rings. The quantitative estimate of drug-likeness (QED) is 0.316. The second kappa shape index (κ2) is 15.9. The largest absolute Gasteiger partial charge is 0.474 e. The standard InChI is InChI=1S/C8H14O4.C6H15O4P/c1-11-7(9)5-3-4-6-8(10)12-2;1-4-8-11(7,9-5-2)10-6-3/h3-6H2,1-2H3;4-6H2,1-3H3. The van der Waals surface area contributed by atoms with Crippen molar-refractivity contribution in [2.24, 2.45) is 0 Å². The first-order valence-electron chi connectivity index (χ1n) is 7.56. The van der Waals surface area contributed by atoms with E-state index in [1.165, 1.54) is 14.2 Å². The molecule has 0 bridgehead atoms. The fourth-order valence-corrected chi connectivity index (χ4v) is 2.50. The summed E-state index contributed by atoms with van der Waals surface area (Å²) in [7, 11) is -0.520. The molecule has 0 atom stereocenters. The maximum absolute atomic E-state index is 11.3. The van der Waals surface area contributed by atoms with Gasteiger partial charge in [-0.3, -0.25) is 23.2 Å². The van der Waals surface area contributed by atoms with Gasteiger partial charge in [0.2, 0.25) is 0 Å². The third-order valence-electron chi connectivity index (χ3n) is 2.33. The Hall–Kier alpha value is -0.950. The molecule has 0 heterocycles. The predicted octanol–water partition coefficient (Wildman–Crippen LogP) is 3.10. The number of methoxy groups -OCH3 is 2. The van der Waals surface area contributed by atoms with Crippen LogP contribution in [0.25, 0.3) is 0 Å². The van der Waals surface area contributed by atoms with Crippen molar-refractivity contribution in [1.82, 2.24) is 0 Å². The zero-order valence-electron chi connectivity index (χ0n) is 14.7. The van der Waals surface area contributed by atoms with Gasteiger partial charge in [-0.25, -0.2) is 4.57 Å². The Morgan fingerprint density at radius 3 is 1.26 bits per heavy atom. The third-order valence-corrected chi connectivity index (χ3v) is 4.05. The van der Waals surface area contributed by atoms with Crippen LogP contribution in [0.4, 0.5) is 0 Å². The molecule has 0 N–H and O–H groups in total. The van der Waals surface area contributed by atoms with Gasteiger partial charge in [0.05, 0.1) is 34.0 Å². The number of rotatable bonds is 11. The average molecular weight is 356 g/mol. The first-order valence-corrected chi connectivity index (χ1v) is 9.02. The fourth-order valence-electron chi connectivity index (χ4n) is 1.33. The molecule has 0 aliphatic carbocycles. The van der Waals surface area contributed by atoms with E-state index in [0.717, 1.165) is 0 Å². The topological polar surface area (TPSA) is 97.4 Å². The molecule has 8 nitrogen and oxygen atoms in total. The highest BCUT2D eigenvalue weighted by Crippen LogP contribution is 2.48. The molecule has 138 valence electrons. The van der Waals surface area contributed by atoms with E-state index in [9.17, 15) is 14.2 Å². The van der Waals surface area contributed by atoms with E-state index in [1.54, 1.807) is 20.8 Å². The van der Waals surface area contributed by atoms with Crippen LogP contribution in [0.15, 0.2) is 0 Å². The van der Waals surface area contributed by atoms with E-state index in [0.29, 0.717) is 45.5 Å². The van der Waals surface area contributed by atoms with Crippen LogP contribution in [-0.4, -0.2) is 46.0 Å². The molecule has 0 aromatic rings. The lowest BCUT2D eigenvalue weighted by atomic mass is 10.2. The minimum Gasteiger partial charge on any atom is -0.469 e. The Balaban J connectivity index is 0. The van der Waals surface area contributed by atoms with Crippen LogP contribution >= 0.6 is 7.82 Å².